The Balaban J connectivity index is 0. The zero-order chi connectivity index (χ0) is 9.28. The molecule has 1 N–H and O–H groups in total. The van der Waals surface area contributed by atoms with E-state index in [1.165, 1.54) is 0 Å². The number of nitrogens with one attached hydrogen (secondary N) is 1. The van der Waals surface area contributed by atoms with Crippen LogP contribution < -0.4 is 5.32 Å². The average Bonchev–Trinajstić information content (AvgIpc) is 1.90. The maximum atomic E-state index is 10.4. The molecule has 0 aliphatic carbocycles. The molecular weight excluding hydrogens is 138 g/mol. The van der Waals surface area contributed by atoms with Crippen molar-refractivity contribution in [3.8, 4) is 0 Å². The van der Waals surface area contributed by atoms with Gasteiger partial charge in [-0.05, 0) is 6.92 Å². The van der Waals surface area contributed by atoms with Crippen molar-refractivity contribution < 1.29 is 4.79 Å². The Morgan fingerprint density at radius 1 is 1.36 bits per heavy atom. The summed E-state index contributed by atoms with van der Waals surface area (Å²) in [5.74, 6) is 0.253. The third-order valence-electron chi connectivity index (χ3n) is 1.03. The first kappa shape index (κ1) is 13.2. The Morgan fingerprint density at radius 2 is 1.82 bits per heavy atom. The van der Waals surface area contributed by atoms with E-state index >= 15 is 0 Å². The molecule has 68 valence electrons. The first-order chi connectivity index (χ1) is 5.13. The fourth-order valence-corrected chi connectivity index (χ4v) is 0.537. The average molecular weight is 159 g/mol. The summed E-state index contributed by atoms with van der Waals surface area (Å²) in [7, 11) is 0. The first-order valence-corrected chi connectivity index (χ1v) is 4.35. The molecule has 0 unspecified atom stereocenters. The lowest BCUT2D eigenvalue weighted by molar-refractivity contribution is -0.116. The number of carbonyl (C=O) groups excluding carboxylic acids is 1. The van der Waals surface area contributed by atoms with E-state index in [4.69, 9.17) is 0 Å². The van der Waals surface area contributed by atoms with Gasteiger partial charge in [-0.2, -0.15) is 0 Å². The van der Waals surface area contributed by atoms with Crippen LogP contribution in [0.25, 0.3) is 0 Å². The fraction of sp³-hybridized carbons (Fsp3) is 0.889. The Bertz CT molecular complexity index is 89.6. The lowest BCUT2D eigenvalue weighted by Gasteiger charge is -2.04. The van der Waals surface area contributed by atoms with E-state index in [0.29, 0.717) is 12.5 Å². The number of hydrogen-bond acceptors (Lipinski definition) is 2. The molecule has 0 saturated carbocycles. The Hall–Kier alpha value is -0.370. The van der Waals surface area contributed by atoms with Crippen molar-refractivity contribution in [2.45, 2.75) is 47.1 Å². The normalized spacial score (nSPS) is 8.91. The molecular formula is C9H21NO. The Kier molecular flexibility index (Phi) is 11.6. The Morgan fingerprint density at radius 3 is 2.09 bits per heavy atom. The molecule has 0 radical (unpaired) electrons. The summed E-state index contributed by atoms with van der Waals surface area (Å²) in [5.41, 5.74) is 0. The second-order valence-electron chi connectivity index (χ2n) is 2.56. The number of carbonyl (C=O) groups is 1. The maximum absolute atomic E-state index is 10.4. The van der Waals surface area contributed by atoms with Gasteiger partial charge in [-0.15, -0.1) is 0 Å². The Labute approximate surface area is 70.4 Å². The highest BCUT2D eigenvalue weighted by Gasteiger charge is 1.93. The van der Waals surface area contributed by atoms with Crippen LogP contribution in [-0.4, -0.2) is 18.4 Å². The van der Waals surface area contributed by atoms with Crippen molar-refractivity contribution in [3.05, 3.63) is 0 Å². The third kappa shape index (κ3) is 17.7. The summed E-state index contributed by atoms with van der Waals surface area (Å²) in [6.45, 7) is 10.6. The van der Waals surface area contributed by atoms with E-state index < -0.39 is 0 Å². The molecule has 0 fully saturated rings. The first-order valence-electron chi connectivity index (χ1n) is 4.35. The minimum Gasteiger partial charge on any atom is -0.314 e. The lowest BCUT2D eigenvalue weighted by Crippen LogP contribution is -2.24. The molecule has 0 aliphatic rings. The van der Waals surface area contributed by atoms with Gasteiger partial charge in [0.25, 0.3) is 0 Å². The topological polar surface area (TPSA) is 29.1 Å². The minimum atomic E-state index is 0.253. The highest BCUT2D eigenvalue weighted by atomic mass is 16.1. The van der Waals surface area contributed by atoms with Crippen molar-refractivity contribution in [2.24, 2.45) is 0 Å². The lowest BCUT2D eigenvalue weighted by atomic mass is 10.3. The maximum Gasteiger partial charge on any atom is 0.131 e. The van der Waals surface area contributed by atoms with Crippen LogP contribution in [0, 0.1) is 0 Å². The van der Waals surface area contributed by atoms with Crippen LogP contribution in [0.1, 0.15) is 41.0 Å². The van der Waals surface area contributed by atoms with Crippen LogP contribution >= 0.6 is 0 Å². The van der Waals surface area contributed by atoms with Crippen molar-refractivity contribution in [2.75, 3.05) is 6.54 Å². The zero-order valence-corrected chi connectivity index (χ0v) is 8.40. The highest BCUT2D eigenvalue weighted by Crippen LogP contribution is 1.80. The predicted octanol–water partition coefficient (Wildman–Crippen LogP) is 1.99. The standard InChI is InChI=1S/C7H15NO.C2H6/c1-6(2)8-5-4-7(3)9;1-2/h6,8H,4-5H2,1-3H3;1-2H3. The second kappa shape index (κ2) is 9.63. The van der Waals surface area contributed by atoms with Gasteiger partial charge in [0.05, 0.1) is 0 Å². The zero-order valence-electron chi connectivity index (χ0n) is 8.40. The van der Waals surface area contributed by atoms with Crippen molar-refractivity contribution in [1.29, 1.82) is 0 Å². The molecule has 0 spiro atoms. The number of ketones is 1. The van der Waals surface area contributed by atoms with E-state index in [9.17, 15) is 4.79 Å². The number of rotatable bonds is 4. The van der Waals surface area contributed by atoms with E-state index in [0.717, 1.165) is 6.54 Å². The summed E-state index contributed by atoms with van der Waals surface area (Å²) in [6.07, 6.45) is 0.651. The summed E-state index contributed by atoms with van der Waals surface area (Å²) < 4.78 is 0. The molecule has 0 aromatic rings. The van der Waals surface area contributed by atoms with Gasteiger partial charge in [0.1, 0.15) is 5.78 Å². The van der Waals surface area contributed by atoms with Crippen molar-refractivity contribution in [3.63, 3.8) is 0 Å². The summed E-state index contributed by atoms with van der Waals surface area (Å²) >= 11 is 0. The van der Waals surface area contributed by atoms with E-state index in [1.807, 2.05) is 13.8 Å². The molecule has 0 heterocycles. The molecule has 11 heavy (non-hydrogen) atoms. The van der Waals surface area contributed by atoms with Gasteiger partial charge in [0, 0.05) is 19.0 Å². The summed E-state index contributed by atoms with van der Waals surface area (Å²) in [6, 6.07) is 0.490. The van der Waals surface area contributed by atoms with Crippen LogP contribution in [0.5, 0.6) is 0 Å². The SMILES string of the molecule is CC.CC(=O)CCNC(C)C. The second-order valence-corrected chi connectivity index (χ2v) is 2.56. The molecule has 0 rings (SSSR count). The predicted molar refractivity (Wildman–Crippen MR) is 49.8 cm³/mol. The monoisotopic (exact) mass is 159 g/mol. The molecule has 0 aromatic heterocycles. The van der Waals surface area contributed by atoms with Crippen LogP contribution in [-0.2, 0) is 4.79 Å². The van der Waals surface area contributed by atoms with Gasteiger partial charge in [-0.25, -0.2) is 0 Å². The molecule has 0 aromatic carbocycles. The van der Waals surface area contributed by atoms with Crippen LogP contribution in [0.15, 0.2) is 0 Å². The summed E-state index contributed by atoms with van der Waals surface area (Å²) in [5, 5.41) is 3.16. The van der Waals surface area contributed by atoms with E-state index in [2.05, 4.69) is 19.2 Å². The molecule has 0 aliphatic heterocycles. The van der Waals surface area contributed by atoms with Crippen molar-refractivity contribution >= 4 is 5.78 Å². The van der Waals surface area contributed by atoms with Gasteiger partial charge in [0.2, 0.25) is 0 Å². The fourth-order valence-electron chi connectivity index (χ4n) is 0.537. The molecule has 0 amide bonds. The van der Waals surface area contributed by atoms with Gasteiger partial charge in [0.15, 0.2) is 0 Å². The van der Waals surface area contributed by atoms with Crippen LogP contribution in [0.4, 0.5) is 0 Å². The van der Waals surface area contributed by atoms with Crippen LogP contribution in [0.3, 0.4) is 0 Å². The molecule has 0 saturated heterocycles. The van der Waals surface area contributed by atoms with Gasteiger partial charge < -0.3 is 5.32 Å². The molecule has 0 atom stereocenters. The highest BCUT2D eigenvalue weighted by molar-refractivity contribution is 5.75. The van der Waals surface area contributed by atoms with Gasteiger partial charge in [-0.3, -0.25) is 4.79 Å². The molecule has 0 bridgehead atoms. The largest absolute Gasteiger partial charge is 0.314 e. The smallest absolute Gasteiger partial charge is 0.131 e. The van der Waals surface area contributed by atoms with E-state index in [1.54, 1.807) is 6.92 Å². The number of hydrogen-bond donors (Lipinski definition) is 1. The van der Waals surface area contributed by atoms with Crippen LogP contribution in [0.2, 0.25) is 0 Å². The molecule has 2 heteroatoms. The molecule has 2 nitrogen and oxygen atoms in total. The third-order valence-corrected chi connectivity index (χ3v) is 1.03. The van der Waals surface area contributed by atoms with E-state index in [-0.39, 0.29) is 5.78 Å². The minimum absolute atomic E-state index is 0.253. The summed E-state index contributed by atoms with van der Waals surface area (Å²) in [4.78, 5) is 10.4. The quantitative estimate of drug-likeness (QED) is 0.679. The van der Waals surface area contributed by atoms with Gasteiger partial charge in [-0.1, -0.05) is 27.7 Å². The van der Waals surface area contributed by atoms with Gasteiger partial charge >= 0.3 is 0 Å². The van der Waals surface area contributed by atoms with Crippen molar-refractivity contribution in [1.82, 2.24) is 5.32 Å². The number of Topliss-reactive ketones (excluding diaryl/α,β-unsaturated/α-hetero) is 1.